The maximum absolute atomic E-state index is 12.9. The molecule has 2 saturated heterocycles. The fourth-order valence-electron chi connectivity index (χ4n) is 6.75. The molecule has 10 heteroatoms. The molecular weight excluding hydrogens is 574 g/mol. The number of hydrogen-bond donors (Lipinski definition) is 0. The first kappa shape index (κ1) is 30.6. The Morgan fingerprint density at radius 2 is 1.91 bits per heavy atom. The van der Waals surface area contributed by atoms with Crippen LogP contribution in [0.4, 0.5) is 11.5 Å². The predicted molar refractivity (Wildman–Crippen MR) is 178 cm³/mol. The van der Waals surface area contributed by atoms with Crippen LogP contribution in [0.2, 0.25) is 5.02 Å². The molecular formula is C34H44ClN7O2. The summed E-state index contributed by atoms with van der Waals surface area (Å²) >= 11 is 6.72. The van der Waals surface area contributed by atoms with E-state index in [1.165, 1.54) is 6.42 Å². The van der Waals surface area contributed by atoms with E-state index in [1.807, 2.05) is 42.1 Å². The summed E-state index contributed by atoms with van der Waals surface area (Å²) in [4.78, 5) is 33.9. The van der Waals surface area contributed by atoms with Gasteiger partial charge in [0.15, 0.2) is 0 Å². The Balaban J connectivity index is 1.27. The van der Waals surface area contributed by atoms with Crippen molar-refractivity contribution in [1.82, 2.24) is 24.7 Å². The Hall–Kier alpha value is -3.40. The van der Waals surface area contributed by atoms with Gasteiger partial charge >= 0.3 is 6.01 Å². The van der Waals surface area contributed by atoms with E-state index in [0.717, 1.165) is 84.0 Å². The fourth-order valence-corrected chi connectivity index (χ4v) is 7.03. The minimum Gasteiger partial charge on any atom is -0.462 e. The Morgan fingerprint density at radius 3 is 2.68 bits per heavy atom. The van der Waals surface area contributed by atoms with Gasteiger partial charge in [-0.1, -0.05) is 41.9 Å². The lowest BCUT2D eigenvalue weighted by molar-refractivity contribution is -0.125. The van der Waals surface area contributed by atoms with Crippen molar-refractivity contribution in [2.45, 2.75) is 44.3 Å². The fraction of sp³-hybridized carbons (Fsp3) is 0.500. The van der Waals surface area contributed by atoms with Gasteiger partial charge in [-0.2, -0.15) is 9.97 Å². The Labute approximate surface area is 266 Å². The summed E-state index contributed by atoms with van der Waals surface area (Å²) in [5.74, 6) is 0.990. The molecule has 1 aromatic heterocycles. The molecule has 44 heavy (non-hydrogen) atoms. The van der Waals surface area contributed by atoms with Crippen LogP contribution in [0.3, 0.4) is 0 Å². The van der Waals surface area contributed by atoms with E-state index in [9.17, 15) is 4.79 Å². The van der Waals surface area contributed by atoms with E-state index >= 15 is 0 Å². The molecule has 0 radical (unpaired) electrons. The average Bonchev–Trinajstić information content (AvgIpc) is 3.68. The van der Waals surface area contributed by atoms with E-state index in [0.29, 0.717) is 31.7 Å². The molecule has 9 nitrogen and oxygen atoms in total. The summed E-state index contributed by atoms with van der Waals surface area (Å²) in [6.45, 7) is 5.31. The third-order valence-corrected chi connectivity index (χ3v) is 9.67. The van der Waals surface area contributed by atoms with Gasteiger partial charge in [0.05, 0.1) is 17.3 Å². The number of fused-ring (bicyclic) bond motifs is 2. The van der Waals surface area contributed by atoms with Crippen molar-refractivity contribution in [1.29, 1.82) is 0 Å². The summed E-state index contributed by atoms with van der Waals surface area (Å²) < 4.78 is 6.33. The van der Waals surface area contributed by atoms with Crippen LogP contribution in [0, 0.1) is 0 Å². The maximum Gasteiger partial charge on any atom is 0.318 e. The molecule has 6 rings (SSSR count). The van der Waals surface area contributed by atoms with Crippen molar-refractivity contribution in [3.8, 4) is 6.01 Å². The highest BCUT2D eigenvalue weighted by atomic mass is 35.5. The summed E-state index contributed by atoms with van der Waals surface area (Å²) in [5.41, 5.74) is 3.27. The van der Waals surface area contributed by atoms with Gasteiger partial charge in [0, 0.05) is 68.0 Å². The standard InChI is InChI=1S/C34H44ClN7O2/c1-38(2)17-8-14-31(43)42-19-15-25(21-42)40(4)33-27-16-20-41(30-13-6-10-24-9-5-12-28(35)32(24)30)22-29(27)36-34(37-33)44-23-26-11-7-18-39(26)3/h5-6,8-10,12-14,25-26H,7,11,15-23H2,1-4H3/b14-8+/t25?,26-/m0/s1. The molecule has 0 N–H and O–H groups in total. The zero-order chi connectivity index (χ0) is 30.8. The Morgan fingerprint density at radius 1 is 1.09 bits per heavy atom. The molecule has 4 heterocycles. The number of ether oxygens (including phenoxy) is 1. The Kier molecular flexibility index (Phi) is 9.26. The number of carbonyl (C=O) groups excluding carboxylic acids is 1. The molecule has 3 aliphatic heterocycles. The van der Waals surface area contributed by atoms with E-state index < -0.39 is 0 Å². The van der Waals surface area contributed by atoms with E-state index in [4.69, 9.17) is 26.3 Å². The molecule has 3 aliphatic rings. The number of halogens is 1. The lowest BCUT2D eigenvalue weighted by Crippen LogP contribution is -2.39. The van der Waals surface area contributed by atoms with Crippen LogP contribution in [0.5, 0.6) is 6.01 Å². The number of anilines is 2. The SMILES string of the molecule is CN(C)C/C=C/C(=O)N1CCC(N(C)c2nc(OC[C@@H]3CCCN3C)nc3c2CCN(c2cccc4cccc(Cl)c24)C3)C1. The third kappa shape index (κ3) is 6.50. The zero-order valence-corrected chi connectivity index (χ0v) is 27.1. The molecule has 1 unspecified atom stereocenters. The van der Waals surface area contributed by atoms with Crippen molar-refractivity contribution >= 4 is 39.8 Å². The number of hydrogen-bond acceptors (Lipinski definition) is 8. The van der Waals surface area contributed by atoms with Crippen LogP contribution < -0.4 is 14.5 Å². The first-order chi connectivity index (χ1) is 21.3. The number of rotatable bonds is 9. The summed E-state index contributed by atoms with van der Waals surface area (Å²) in [6, 6.07) is 13.4. The van der Waals surface area contributed by atoms with E-state index in [-0.39, 0.29) is 11.9 Å². The molecule has 2 atom stereocenters. The van der Waals surface area contributed by atoms with E-state index in [2.05, 4.69) is 53.1 Å². The normalized spacial score (nSPS) is 20.7. The van der Waals surface area contributed by atoms with Gasteiger partial charge in [-0.25, -0.2) is 0 Å². The summed E-state index contributed by atoms with van der Waals surface area (Å²) in [7, 11) is 8.26. The lowest BCUT2D eigenvalue weighted by atomic mass is 10.0. The molecule has 0 aliphatic carbocycles. The second-order valence-electron chi connectivity index (χ2n) is 12.6. The molecule has 0 bridgehead atoms. The zero-order valence-electron chi connectivity index (χ0n) is 26.4. The quantitative estimate of drug-likeness (QED) is 0.326. The van der Waals surface area contributed by atoms with Crippen molar-refractivity contribution < 1.29 is 9.53 Å². The number of benzene rings is 2. The number of likely N-dealkylation sites (N-methyl/N-ethyl adjacent to an activating group) is 3. The molecule has 234 valence electrons. The van der Waals surface area contributed by atoms with Crippen LogP contribution in [0.1, 0.15) is 30.5 Å². The van der Waals surface area contributed by atoms with Crippen molar-refractivity contribution in [2.24, 2.45) is 0 Å². The first-order valence-corrected chi connectivity index (χ1v) is 16.1. The Bertz CT molecular complexity index is 1520. The van der Waals surface area contributed by atoms with Crippen molar-refractivity contribution in [3.63, 3.8) is 0 Å². The van der Waals surface area contributed by atoms with E-state index in [1.54, 1.807) is 6.08 Å². The number of carbonyl (C=O) groups is 1. The lowest BCUT2D eigenvalue weighted by Gasteiger charge is -2.35. The molecule has 2 aromatic carbocycles. The molecule has 2 fully saturated rings. The van der Waals surface area contributed by atoms with Crippen LogP contribution in [-0.2, 0) is 17.8 Å². The summed E-state index contributed by atoms with van der Waals surface area (Å²) in [5, 5.41) is 2.96. The van der Waals surface area contributed by atoms with Gasteiger partial charge in [0.1, 0.15) is 12.4 Å². The highest BCUT2D eigenvalue weighted by Crippen LogP contribution is 2.37. The van der Waals surface area contributed by atoms with Gasteiger partial charge < -0.3 is 29.2 Å². The number of amides is 1. The molecule has 0 spiro atoms. The third-order valence-electron chi connectivity index (χ3n) is 9.36. The highest BCUT2D eigenvalue weighted by molar-refractivity contribution is 6.36. The monoisotopic (exact) mass is 617 g/mol. The van der Waals surface area contributed by atoms with Crippen LogP contribution in [0.25, 0.3) is 10.8 Å². The van der Waals surface area contributed by atoms with Crippen LogP contribution >= 0.6 is 11.6 Å². The van der Waals surface area contributed by atoms with Gasteiger partial charge in [-0.05, 0) is 70.9 Å². The highest BCUT2D eigenvalue weighted by Gasteiger charge is 2.33. The van der Waals surface area contributed by atoms with Gasteiger partial charge in [-0.3, -0.25) is 4.79 Å². The topological polar surface area (TPSA) is 68.3 Å². The minimum absolute atomic E-state index is 0.0709. The predicted octanol–water partition coefficient (Wildman–Crippen LogP) is 4.47. The van der Waals surface area contributed by atoms with Crippen molar-refractivity contribution in [2.75, 3.05) is 77.3 Å². The second-order valence-corrected chi connectivity index (χ2v) is 13.0. The van der Waals surface area contributed by atoms with Gasteiger partial charge in [0.2, 0.25) is 5.91 Å². The summed E-state index contributed by atoms with van der Waals surface area (Å²) in [6.07, 6.45) is 7.65. The van der Waals surface area contributed by atoms with Crippen LogP contribution in [-0.4, -0.2) is 110 Å². The maximum atomic E-state index is 12.9. The van der Waals surface area contributed by atoms with Gasteiger partial charge in [0.25, 0.3) is 0 Å². The van der Waals surface area contributed by atoms with Gasteiger partial charge in [-0.15, -0.1) is 0 Å². The second kappa shape index (κ2) is 13.3. The average molecular weight is 618 g/mol. The molecule has 1 amide bonds. The number of nitrogens with zero attached hydrogens (tertiary/aromatic N) is 7. The van der Waals surface area contributed by atoms with Crippen LogP contribution in [0.15, 0.2) is 48.6 Å². The largest absolute Gasteiger partial charge is 0.462 e. The molecule has 3 aromatic rings. The van der Waals surface area contributed by atoms with Crippen molar-refractivity contribution in [3.05, 3.63) is 64.8 Å². The first-order valence-electron chi connectivity index (χ1n) is 15.8. The minimum atomic E-state index is 0.0709. The molecule has 0 saturated carbocycles. The smallest absolute Gasteiger partial charge is 0.318 e. The number of aromatic nitrogens is 2. The number of likely N-dealkylation sites (tertiary alicyclic amines) is 2.